The number of benzene rings is 1. The fourth-order valence-corrected chi connectivity index (χ4v) is 2.84. The predicted molar refractivity (Wildman–Crippen MR) is 75.8 cm³/mol. The van der Waals surface area contributed by atoms with Gasteiger partial charge in [-0.15, -0.1) is 0 Å². The lowest BCUT2D eigenvalue weighted by atomic mass is 10.0. The van der Waals surface area contributed by atoms with Gasteiger partial charge in [0.25, 0.3) is 0 Å². The molecular formula is C15H23FN2O. The van der Waals surface area contributed by atoms with Crippen LogP contribution in [0, 0.1) is 5.82 Å². The molecule has 0 saturated carbocycles. The van der Waals surface area contributed by atoms with Crippen LogP contribution in [0.4, 0.5) is 10.1 Å². The van der Waals surface area contributed by atoms with Crippen molar-refractivity contribution < 1.29 is 9.13 Å². The van der Waals surface area contributed by atoms with Gasteiger partial charge in [-0.2, -0.15) is 0 Å². The molecule has 2 N–H and O–H groups in total. The number of hydrogen-bond donors (Lipinski definition) is 1. The zero-order valence-corrected chi connectivity index (χ0v) is 11.7. The van der Waals surface area contributed by atoms with Gasteiger partial charge in [-0.05, 0) is 51.0 Å². The minimum Gasteiger partial charge on any atom is -0.373 e. The Hall–Kier alpha value is -1.13. The van der Waals surface area contributed by atoms with E-state index in [1.54, 1.807) is 12.1 Å². The Morgan fingerprint density at radius 3 is 2.53 bits per heavy atom. The number of hydrogen-bond acceptors (Lipinski definition) is 3. The number of nitrogens with zero attached hydrogens (tertiary/aromatic N) is 1. The van der Waals surface area contributed by atoms with Gasteiger partial charge in [-0.3, -0.25) is 0 Å². The zero-order valence-electron chi connectivity index (χ0n) is 11.7. The highest BCUT2D eigenvalue weighted by Gasteiger charge is 2.32. The smallest absolute Gasteiger partial charge is 0.123 e. The molecule has 1 aromatic carbocycles. The van der Waals surface area contributed by atoms with Crippen LogP contribution in [0.5, 0.6) is 0 Å². The molecular weight excluding hydrogens is 243 g/mol. The molecule has 0 radical (unpaired) electrons. The van der Waals surface area contributed by atoms with Crippen molar-refractivity contribution in [1.29, 1.82) is 0 Å². The standard InChI is InChI=1S/C15H23FN2O/c1-3-18(13-7-5-12(16)6-8-13)14(10-17)15-9-4-11(2)19-15/h5-8,11,14-15H,3-4,9-10,17H2,1-2H3. The maximum absolute atomic E-state index is 13.0. The number of ether oxygens (including phenoxy) is 1. The van der Waals surface area contributed by atoms with Gasteiger partial charge in [0.2, 0.25) is 0 Å². The molecule has 1 heterocycles. The minimum atomic E-state index is -0.213. The molecule has 0 spiro atoms. The molecule has 1 fully saturated rings. The Morgan fingerprint density at radius 2 is 2.05 bits per heavy atom. The van der Waals surface area contributed by atoms with Gasteiger partial charge >= 0.3 is 0 Å². The molecule has 3 unspecified atom stereocenters. The summed E-state index contributed by atoms with van der Waals surface area (Å²) in [7, 11) is 0. The van der Waals surface area contributed by atoms with E-state index in [1.807, 2.05) is 0 Å². The van der Waals surface area contributed by atoms with E-state index in [9.17, 15) is 4.39 Å². The first-order chi connectivity index (χ1) is 9.15. The van der Waals surface area contributed by atoms with Crippen molar-refractivity contribution in [3.8, 4) is 0 Å². The number of anilines is 1. The summed E-state index contributed by atoms with van der Waals surface area (Å²) in [5, 5.41) is 0. The lowest BCUT2D eigenvalue weighted by molar-refractivity contribution is 0.0403. The highest BCUT2D eigenvalue weighted by atomic mass is 19.1. The van der Waals surface area contributed by atoms with Crippen molar-refractivity contribution in [2.75, 3.05) is 18.0 Å². The lowest BCUT2D eigenvalue weighted by Crippen LogP contribution is -2.48. The number of likely N-dealkylation sites (N-methyl/N-ethyl adjacent to an activating group) is 1. The number of rotatable bonds is 5. The Labute approximate surface area is 114 Å². The SMILES string of the molecule is CCN(c1ccc(F)cc1)C(CN)C1CCC(C)O1. The van der Waals surface area contributed by atoms with Crippen LogP contribution in [0.25, 0.3) is 0 Å². The predicted octanol–water partition coefficient (Wildman–Crippen LogP) is 2.55. The second kappa shape index (κ2) is 6.35. The van der Waals surface area contributed by atoms with E-state index < -0.39 is 0 Å². The van der Waals surface area contributed by atoms with Crippen LogP contribution in [0.2, 0.25) is 0 Å². The molecule has 2 rings (SSSR count). The molecule has 3 nitrogen and oxygen atoms in total. The van der Waals surface area contributed by atoms with E-state index in [0.29, 0.717) is 12.6 Å². The van der Waals surface area contributed by atoms with Crippen LogP contribution in [0.3, 0.4) is 0 Å². The van der Waals surface area contributed by atoms with E-state index in [0.717, 1.165) is 25.1 Å². The third-order valence-corrected chi connectivity index (χ3v) is 3.83. The van der Waals surface area contributed by atoms with Gasteiger partial charge in [-0.1, -0.05) is 0 Å². The summed E-state index contributed by atoms with van der Waals surface area (Å²) in [6, 6.07) is 6.74. The molecule has 3 atom stereocenters. The molecule has 0 amide bonds. The van der Waals surface area contributed by atoms with Crippen LogP contribution in [-0.4, -0.2) is 31.3 Å². The number of nitrogens with two attached hydrogens (primary N) is 1. The van der Waals surface area contributed by atoms with Crippen molar-refractivity contribution in [3.05, 3.63) is 30.1 Å². The first-order valence-corrected chi connectivity index (χ1v) is 7.03. The third-order valence-electron chi connectivity index (χ3n) is 3.83. The summed E-state index contributed by atoms with van der Waals surface area (Å²) in [6.45, 7) is 5.57. The first kappa shape index (κ1) is 14.3. The van der Waals surface area contributed by atoms with Crippen LogP contribution in [-0.2, 0) is 4.74 Å². The van der Waals surface area contributed by atoms with Gasteiger partial charge in [0.05, 0.1) is 18.2 Å². The Kier molecular flexibility index (Phi) is 4.77. The molecule has 0 aliphatic carbocycles. The summed E-state index contributed by atoms with van der Waals surface area (Å²) in [5.41, 5.74) is 6.95. The van der Waals surface area contributed by atoms with Gasteiger partial charge in [0.15, 0.2) is 0 Å². The zero-order chi connectivity index (χ0) is 13.8. The lowest BCUT2D eigenvalue weighted by Gasteiger charge is -2.35. The van der Waals surface area contributed by atoms with Crippen LogP contribution >= 0.6 is 0 Å². The molecule has 19 heavy (non-hydrogen) atoms. The number of halogens is 1. The normalized spacial score (nSPS) is 24.4. The van der Waals surface area contributed by atoms with E-state index in [4.69, 9.17) is 10.5 Å². The summed E-state index contributed by atoms with van der Waals surface area (Å²) in [4.78, 5) is 2.21. The van der Waals surface area contributed by atoms with E-state index in [-0.39, 0.29) is 18.0 Å². The maximum atomic E-state index is 13.0. The first-order valence-electron chi connectivity index (χ1n) is 7.03. The molecule has 1 aromatic rings. The van der Waals surface area contributed by atoms with Gasteiger partial charge in [0, 0.05) is 18.8 Å². The van der Waals surface area contributed by atoms with Crippen molar-refractivity contribution in [1.82, 2.24) is 0 Å². The van der Waals surface area contributed by atoms with Gasteiger partial charge < -0.3 is 15.4 Å². The fraction of sp³-hybridized carbons (Fsp3) is 0.600. The van der Waals surface area contributed by atoms with Crippen LogP contribution < -0.4 is 10.6 Å². The van der Waals surface area contributed by atoms with E-state index >= 15 is 0 Å². The van der Waals surface area contributed by atoms with Gasteiger partial charge in [-0.25, -0.2) is 4.39 Å². The summed E-state index contributed by atoms with van der Waals surface area (Å²) in [6.07, 6.45) is 2.61. The Bertz CT molecular complexity index is 396. The van der Waals surface area contributed by atoms with Crippen LogP contribution in [0.15, 0.2) is 24.3 Å². The van der Waals surface area contributed by atoms with E-state index in [2.05, 4.69) is 18.7 Å². The summed E-state index contributed by atoms with van der Waals surface area (Å²) >= 11 is 0. The van der Waals surface area contributed by atoms with Crippen molar-refractivity contribution in [2.24, 2.45) is 5.73 Å². The molecule has 1 aliphatic heterocycles. The summed E-state index contributed by atoms with van der Waals surface area (Å²) in [5.74, 6) is -0.213. The molecule has 4 heteroatoms. The highest BCUT2D eigenvalue weighted by Crippen LogP contribution is 2.27. The van der Waals surface area contributed by atoms with Gasteiger partial charge in [0.1, 0.15) is 5.82 Å². The molecule has 106 valence electrons. The van der Waals surface area contributed by atoms with Crippen molar-refractivity contribution >= 4 is 5.69 Å². The largest absolute Gasteiger partial charge is 0.373 e. The molecule has 0 bridgehead atoms. The molecule has 1 saturated heterocycles. The average molecular weight is 266 g/mol. The second-order valence-corrected chi connectivity index (χ2v) is 5.13. The second-order valence-electron chi connectivity index (χ2n) is 5.13. The quantitative estimate of drug-likeness (QED) is 0.890. The van der Waals surface area contributed by atoms with Crippen molar-refractivity contribution in [2.45, 2.75) is 44.9 Å². The topological polar surface area (TPSA) is 38.5 Å². The highest BCUT2D eigenvalue weighted by molar-refractivity contribution is 5.47. The monoisotopic (exact) mass is 266 g/mol. The van der Waals surface area contributed by atoms with E-state index in [1.165, 1.54) is 12.1 Å². The Morgan fingerprint density at radius 1 is 1.37 bits per heavy atom. The summed E-state index contributed by atoms with van der Waals surface area (Å²) < 4.78 is 19.0. The Balaban J connectivity index is 2.16. The third kappa shape index (κ3) is 3.25. The molecule has 0 aromatic heterocycles. The maximum Gasteiger partial charge on any atom is 0.123 e. The van der Waals surface area contributed by atoms with Crippen LogP contribution in [0.1, 0.15) is 26.7 Å². The fourth-order valence-electron chi connectivity index (χ4n) is 2.84. The molecule has 1 aliphatic rings. The minimum absolute atomic E-state index is 0.153. The van der Waals surface area contributed by atoms with Crippen molar-refractivity contribution in [3.63, 3.8) is 0 Å². The average Bonchev–Trinajstić information content (AvgIpc) is 2.83.